The van der Waals surface area contributed by atoms with Crippen molar-refractivity contribution in [1.29, 1.82) is 0 Å². The van der Waals surface area contributed by atoms with Gasteiger partial charge in [0.05, 0.1) is 7.11 Å². The minimum absolute atomic E-state index is 0.490. The van der Waals surface area contributed by atoms with E-state index in [4.69, 9.17) is 32.7 Å². The number of halogens is 2. The normalized spacial score (nSPS) is 13.6. The summed E-state index contributed by atoms with van der Waals surface area (Å²) >= 11 is 11.9. The number of hydrogen-bond donors (Lipinski definition) is 1. The standard InChI is InChI=1S/C16H16Cl2O3/c1-10(21-13-5-3-4-11(17)8-13)16(19)14-9-12(18)6-7-15(14)20-2/h3-10,16,19H,1-2H3. The Morgan fingerprint density at radius 3 is 2.43 bits per heavy atom. The molecule has 0 spiro atoms. The minimum atomic E-state index is -0.877. The van der Waals surface area contributed by atoms with Gasteiger partial charge in [-0.25, -0.2) is 0 Å². The molecule has 0 saturated carbocycles. The summed E-state index contributed by atoms with van der Waals surface area (Å²) in [5, 5.41) is 11.6. The molecule has 0 aliphatic heterocycles. The Hall–Kier alpha value is -1.42. The molecule has 21 heavy (non-hydrogen) atoms. The van der Waals surface area contributed by atoms with E-state index >= 15 is 0 Å². The molecular weight excluding hydrogens is 311 g/mol. The second-order valence-electron chi connectivity index (χ2n) is 4.61. The van der Waals surface area contributed by atoms with Gasteiger partial charge in [-0.05, 0) is 43.3 Å². The fourth-order valence-electron chi connectivity index (χ4n) is 2.01. The lowest BCUT2D eigenvalue weighted by atomic mass is 10.0. The van der Waals surface area contributed by atoms with Gasteiger partial charge in [0.2, 0.25) is 0 Å². The molecule has 0 radical (unpaired) electrons. The summed E-state index contributed by atoms with van der Waals surface area (Å²) in [5.74, 6) is 1.16. The van der Waals surface area contributed by atoms with Crippen LogP contribution in [0.2, 0.25) is 10.0 Å². The van der Waals surface area contributed by atoms with Crippen LogP contribution in [0.5, 0.6) is 11.5 Å². The van der Waals surface area contributed by atoms with E-state index in [0.29, 0.717) is 27.1 Å². The lowest BCUT2D eigenvalue weighted by molar-refractivity contribution is 0.0451. The van der Waals surface area contributed by atoms with Gasteiger partial charge in [0.15, 0.2) is 0 Å². The molecule has 1 N–H and O–H groups in total. The van der Waals surface area contributed by atoms with Crippen LogP contribution in [0.3, 0.4) is 0 Å². The summed E-state index contributed by atoms with van der Waals surface area (Å²) in [6.45, 7) is 1.77. The maximum atomic E-state index is 10.5. The van der Waals surface area contributed by atoms with Crippen LogP contribution in [-0.4, -0.2) is 18.3 Å². The van der Waals surface area contributed by atoms with Crippen molar-refractivity contribution in [2.45, 2.75) is 19.1 Å². The Kier molecular flexibility index (Phi) is 5.34. The van der Waals surface area contributed by atoms with Crippen LogP contribution in [0, 0.1) is 0 Å². The zero-order valence-corrected chi connectivity index (χ0v) is 13.2. The molecule has 0 fully saturated rings. The zero-order chi connectivity index (χ0) is 15.4. The van der Waals surface area contributed by atoms with Gasteiger partial charge >= 0.3 is 0 Å². The topological polar surface area (TPSA) is 38.7 Å². The first-order valence-corrected chi connectivity index (χ1v) is 7.20. The molecule has 2 aromatic carbocycles. The highest BCUT2D eigenvalue weighted by atomic mass is 35.5. The third-order valence-electron chi connectivity index (χ3n) is 3.07. The zero-order valence-electron chi connectivity index (χ0n) is 11.7. The number of benzene rings is 2. The molecule has 2 rings (SSSR count). The molecule has 0 aromatic heterocycles. The monoisotopic (exact) mass is 326 g/mol. The van der Waals surface area contributed by atoms with E-state index in [0.717, 1.165) is 0 Å². The van der Waals surface area contributed by atoms with Gasteiger partial charge in [0, 0.05) is 15.6 Å². The summed E-state index contributed by atoms with van der Waals surface area (Å²) in [4.78, 5) is 0. The van der Waals surface area contributed by atoms with Gasteiger partial charge in [-0.3, -0.25) is 0 Å². The van der Waals surface area contributed by atoms with Crippen molar-refractivity contribution in [3.8, 4) is 11.5 Å². The third kappa shape index (κ3) is 4.03. The molecule has 0 bridgehead atoms. The first-order chi connectivity index (χ1) is 10.0. The molecule has 0 saturated heterocycles. The molecule has 0 amide bonds. The summed E-state index contributed by atoms with van der Waals surface area (Å²) in [5.41, 5.74) is 0.583. The highest BCUT2D eigenvalue weighted by molar-refractivity contribution is 6.31. The van der Waals surface area contributed by atoms with E-state index in [1.165, 1.54) is 0 Å². The van der Waals surface area contributed by atoms with E-state index in [2.05, 4.69) is 0 Å². The van der Waals surface area contributed by atoms with Crippen LogP contribution in [-0.2, 0) is 0 Å². The lowest BCUT2D eigenvalue weighted by Crippen LogP contribution is -2.22. The Bertz CT molecular complexity index is 616. The fourth-order valence-corrected chi connectivity index (χ4v) is 2.37. The van der Waals surface area contributed by atoms with E-state index in [1.807, 2.05) is 0 Å². The number of methoxy groups -OCH3 is 1. The van der Waals surface area contributed by atoms with Crippen molar-refractivity contribution >= 4 is 23.2 Å². The van der Waals surface area contributed by atoms with Crippen molar-refractivity contribution in [2.75, 3.05) is 7.11 Å². The predicted octanol–water partition coefficient (Wildman–Crippen LogP) is 4.50. The molecular formula is C16H16Cl2O3. The SMILES string of the molecule is COc1ccc(Cl)cc1C(O)C(C)Oc1cccc(Cl)c1. The molecule has 0 heterocycles. The van der Waals surface area contributed by atoms with Crippen molar-refractivity contribution in [2.24, 2.45) is 0 Å². The van der Waals surface area contributed by atoms with Crippen LogP contribution < -0.4 is 9.47 Å². The Labute approximate surface area is 134 Å². The number of rotatable bonds is 5. The average Bonchev–Trinajstić information content (AvgIpc) is 2.46. The fraction of sp³-hybridized carbons (Fsp3) is 0.250. The Morgan fingerprint density at radius 2 is 1.76 bits per heavy atom. The molecule has 0 aliphatic carbocycles. The summed E-state index contributed by atoms with van der Waals surface area (Å²) in [7, 11) is 1.54. The highest BCUT2D eigenvalue weighted by Gasteiger charge is 2.22. The van der Waals surface area contributed by atoms with E-state index in [-0.39, 0.29) is 0 Å². The Morgan fingerprint density at radius 1 is 1.05 bits per heavy atom. The second-order valence-corrected chi connectivity index (χ2v) is 5.48. The second kappa shape index (κ2) is 7.03. The molecule has 2 unspecified atom stereocenters. The molecule has 112 valence electrons. The van der Waals surface area contributed by atoms with Gasteiger partial charge in [0.25, 0.3) is 0 Å². The predicted molar refractivity (Wildman–Crippen MR) is 84.5 cm³/mol. The number of ether oxygens (including phenoxy) is 2. The van der Waals surface area contributed by atoms with E-state index in [1.54, 1.807) is 56.5 Å². The van der Waals surface area contributed by atoms with Crippen LogP contribution in [0.4, 0.5) is 0 Å². The maximum Gasteiger partial charge on any atom is 0.126 e. The molecule has 2 atom stereocenters. The van der Waals surface area contributed by atoms with Crippen molar-refractivity contribution < 1.29 is 14.6 Å². The third-order valence-corrected chi connectivity index (χ3v) is 3.54. The average molecular weight is 327 g/mol. The molecule has 5 heteroatoms. The Balaban J connectivity index is 2.19. The highest BCUT2D eigenvalue weighted by Crippen LogP contribution is 2.31. The first kappa shape index (κ1) is 16.0. The van der Waals surface area contributed by atoms with E-state index < -0.39 is 12.2 Å². The van der Waals surface area contributed by atoms with Crippen LogP contribution in [0.25, 0.3) is 0 Å². The van der Waals surface area contributed by atoms with Gasteiger partial charge in [0.1, 0.15) is 23.7 Å². The minimum Gasteiger partial charge on any atom is -0.496 e. The summed E-state index contributed by atoms with van der Waals surface area (Å²) < 4.78 is 11.0. The number of hydrogen-bond acceptors (Lipinski definition) is 3. The summed E-state index contributed by atoms with van der Waals surface area (Å²) in [6, 6.07) is 12.1. The number of aliphatic hydroxyl groups excluding tert-OH is 1. The van der Waals surface area contributed by atoms with Crippen molar-refractivity contribution in [1.82, 2.24) is 0 Å². The van der Waals surface area contributed by atoms with Crippen molar-refractivity contribution in [3.05, 3.63) is 58.1 Å². The first-order valence-electron chi connectivity index (χ1n) is 6.45. The van der Waals surface area contributed by atoms with Crippen molar-refractivity contribution in [3.63, 3.8) is 0 Å². The van der Waals surface area contributed by atoms with Gasteiger partial charge in [-0.15, -0.1) is 0 Å². The number of aliphatic hydroxyl groups is 1. The van der Waals surface area contributed by atoms with E-state index in [9.17, 15) is 5.11 Å². The van der Waals surface area contributed by atoms with Gasteiger partial charge in [-0.2, -0.15) is 0 Å². The summed E-state index contributed by atoms with van der Waals surface area (Å²) in [6.07, 6.45) is -1.37. The molecule has 3 nitrogen and oxygen atoms in total. The largest absolute Gasteiger partial charge is 0.496 e. The van der Waals surface area contributed by atoms with Crippen LogP contribution in [0.1, 0.15) is 18.6 Å². The smallest absolute Gasteiger partial charge is 0.126 e. The quantitative estimate of drug-likeness (QED) is 0.878. The van der Waals surface area contributed by atoms with Crippen LogP contribution in [0.15, 0.2) is 42.5 Å². The lowest BCUT2D eigenvalue weighted by Gasteiger charge is -2.22. The maximum absolute atomic E-state index is 10.5. The van der Waals surface area contributed by atoms with Crippen LogP contribution >= 0.6 is 23.2 Å². The molecule has 0 aliphatic rings. The van der Waals surface area contributed by atoms with Gasteiger partial charge < -0.3 is 14.6 Å². The molecule has 2 aromatic rings. The van der Waals surface area contributed by atoms with Gasteiger partial charge in [-0.1, -0.05) is 29.3 Å².